The van der Waals surface area contributed by atoms with Crippen LogP contribution < -0.4 is 0 Å². The van der Waals surface area contributed by atoms with Gasteiger partial charge in [-0.15, -0.1) is 0 Å². The summed E-state index contributed by atoms with van der Waals surface area (Å²) in [7, 11) is 1.49. The van der Waals surface area contributed by atoms with Crippen LogP contribution in [-0.2, 0) is 20.7 Å². The first-order valence-corrected chi connectivity index (χ1v) is 9.50. The Morgan fingerprint density at radius 3 is 2.80 bits per heavy atom. The molecule has 0 amide bonds. The van der Waals surface area contributed by atoms with E-state index in [0.717, 1.165) is 51.2 Å². The summed E-state index contributed by atoms with van der Waals surface area (Å²) < 4.78 is 10.4. The molecule has 1 aromatic heterocycles. The van der Waals surface area contributed by atoms with E-state index < -0.39 is 5.41 Å². The second-order valence-electron chi connectivity index (χ2n) is 8.48. The number of rotatable bonds is 5. The Bertz CT molecular complexity index is 607. The molecule has 2 aliphatic rings. The van der Waals surface area contributed by atoms with Gasteiger partial charge in [0.25, 0.3) is 0 Å². The lowest BCUT2D eigenvalue weighted by atomic mass is 9.45. The minimum atomic E-state index is -0.427. The van der Waals surface area contributed by atoms with E-state index in [4.69, 9.17) is 9.15 Å². The second kappa shape index (κ2) is 6.97. The van der Waals surface area contributed by atoms with Gasteiger partial charge in [-0.05, 0) is 74.3 Å². The van der Waals surface area contributed by atoms with Gasteiger partial charge in [0.2, 0.25) is 0 Å². The van der Waals surface area contributed by atoms with Crippen molar-refractivity contribution >= 4 is 12.3 Å². The van der Waals surface area contributed by atoms with Crippen molar-refractivity contribution in [3.05, 3.63) is 24.2 Å². The number of aryl methyl sites for hydroxylation is 1. The third-order valence-corrected chi connectivity index (χ3v) is 7.28. The lowest BCUT2D eigenvalue weighted by Gasteiger charge is -2.58. The van der Waals surface area contributed by atoms with Crippen molar-refractivity contribution < 1.29 is 18.7 Å². The number of esters is 1. The van der Waals surface area contributed by atoms with E-state index in [1.54, 1.807) is 12.5 Å². The fourth-order valence-corrected chi connectivity index (χ4v) is 6.00. The first-order valence-electron chi connectivity index (χ1n) is 9.50. The first-order chi connectivity index (χ1) is 12.0. The summed E-state index contributed by atoms with van der Waals surface area (Å²) in [5, 5.41) is 0. The number of fused-ring (bicyclic) bond motifs is 1. The summed E-state index contributed by atoms with van der Waals surface area (Å²) in [6.45, 7) is 4.39. The number of carbonyl (C=O) groups is 2. The summed E-state index contributed by atoms with van der Waals surface area (Å²) in [5.41, 5.74) is 0.764. The van der Waals surface area contributed by atoms with E-state index in [1.165, 1.54) is 12.7 Å². The van der Waals surface area contributed by atoms with Gasteiger partial charge >= 0.3 is 5.97 Å². The van der Waals surface area contributed by atoms with Gasteiger partial charge in [0.15, 0.2) is 0 Å². The highest BCUT2D eigenvalue weighted by Crippen LogP contribution is 2.62. The normalized spacial score (nSPS) is 38.0. The lowest BCUT2D eigenvalue weighted by Crippen LogP contribution is -2.55. The van der Waals surface area contributed by atoms with E-state index >= 15 is 0 Å². The summed E-state index contributed by atoms with van der Waals surface area (Å²) in [4.78, 5) is 24.4. The number of methoxy groups -OCH3 is 1. The molecule has 0 spiro atoms. The molecule has 0 saturated heterocycles. The maximum atomic E-state index is 12.6. The number of hydrogen-bond acceptors (Lipinski definition) is 4. The summed E-state index contributed by atoms with van der Waals surface area (Å²) in [5.74, 6) is 0.601. The maximum Gasteiger partial charge on any atom is 0.311 e. The van der Waals surface area contributed by atoms with Crippen molar-refractivity contribution in [2.45, 2.75) is 58.8 Å². The van der Waals surface area contributed by atoms with E-state index in [-0.39, 0.29) is 23.2 Å². The molecule has 2 aliphatic carbocycles. The molecular weight excluding hydrogens is 316 g/mol. The minimum Gasteiger partial charge on any atom is -0.472 e. The highest BCUT2D eigenvalue weighted by molar-refractivity contribution is 5.77. The molecule has 4 heteroatoms. The number of aldehydes is 1. The van der Waals surface area contributed by atoms with Crippen LogP contribution in [0.5, 0.6) is 0 Å². The van der Waals surface area contributed by atoms with E-state index in [1.807, 2.05) is 6.07 Å². The Labute approximate surface area is 150 Å². The predicted octanol–water partition coefficient (Wildman–Crippen LogP) is 4.42. The number of ether oxygens (including phenoxy) is 1. The number of furan rings is 1. The standard InChI is InChI=1S/C21H30O4/c1-20-10-4-11-21(2,19(23)24-3)18(20)8-6-16(13-22)17(20)7-5-15-9-12-25-14-15/h9,12-14,16-18H,4-8,10-11H2,1-3H3/t16-,17+,18-,20-,21-/m0/s1. The Morgan fingerprint density at radius 1 is 1.36 bits per heavy atom. The molecule has 0 bridgehead atoms. The molecule has 0 aliphatic heterocycles. The Balaban J connectivity index is 1.88. The smallest absolute Gasteiger partial charge is 0.311 e. The van der Waals surface area contributed by atoms with Gasteiger partial charge in [-0.3, -0.25) is 4.79 Å². The summed E-state index contributed by atoms with van der Waals surface area (Å²) >= 11 is 0. The fourth-order valence-electron chi connectivity index (χ4n) is 6.00. The van der Waals surface area contributed by atoms with Crippen LogP contribution in [0.3, 0.4) is 0 Å². The first kappa shape index (κ1) is 18.2. The topological polar surface area (TPSA) is 56.5 Å². The third kappa shape index (κ3) is 3.04. The van der Waals surface area contributed by atoms with Gasteiger partial charge in [-0.2, -0.15) is 0 Å². The molecule has 3 rings (SSSR count). The zero-order valence-electron chi connectivity index (χ0n) is 15.6. The lowest BCUT2D eigenvalue weighted by molar-refractivity contribution is -0.173. The molecule has 0 aromatic carbocycles. The molecule has 2 saturated carbocycles. The van der Waals surface area contributed by atoms with Crippen molar-refractivity contribution in [3.63, 3.8) is 0 Å². The number of hydrogen-bond donors (Lipinski definition) is 0. The minimum absolute atomic E-state index is 0.00868. The highest BCUT2D eigenvalue weighted by Gasteiger charge is 2.58. The second-order valence-corrected chi connectivity index (χ2v) is 8.48. The SMILES string of the molecule is COC(=O)[C@@]1(C)CCC[C@@]2(C)[C@H](CCc3ccoc3)[C@H](C=O)CC[C@@H]21. The molecule has 0 radical (unpaired) electrons. The highest BCUT2D eigenvalue weighted by atomic mass is 16.5. The van der Waals surface area contributed by atoms with Crippen LogP contribution >= 0.6 is 0 Å². The van der Waals surface area contributed by atoms with Crippen molar-refractivity contribution in [1.29, 1.82) is 0 Å². The molecule has 138 valence electrons. The maximum absolute atomic E-state index is 12.6. The molecular formula is C21H30O4. The number of carbonyl (C=O) groups excluding carboxylic acids is 2. The van der Waals surface area contributed by atoms with Gasteiger partial charge < -0.3 is 13.9 Å². The van der Waals surface area contributed by atoms with Gasteiger partial charge in [0.05, 0.1) is 25.1 Å². The molecule has 4 nitrogen and oxygen atoms in total. The van der Waals surface area contributed by atoms with Crippen LogP contribution in [-0.4, -0.2) is 19.4 Å². The Kier molecular flexibility index (Phi) is 5.08. The Morgan fingerprint density at radius 2 is 2.16 bits per heavy atom. The largest absolute Gasteiger partial charge is 0.472 e. The molecule has 1 aromatic rings. The average molecular weight is 346 g/mol. The van der Waals surface area contributed by atoms with Crippen LogP contribution in [0, 0.1) is 28.6 Å². The zero-order chi connectivity index (χ0) is 18.1. The van der Waals surface area contributed by atoms with Crippen LogP contribution in [0.1, 0.15) is 57.9 Å². The molecule has 5 atom stereocenters. The van der Waals surface area contributed by atoms with Crippen molar-refractivity contribution in [3.8, 4) is 0 Å². The van der Waals surface area contributed by atoms with Crippen LogP contribution in [0.15, 0.2) is 23.0 Å². The molecule has 0 unspecified atom stereocenters. The molecule has 2 fully saturated rings. The summed E-state index contributed by atoms with van der Waals surface area (Å²) in [6, 6.07) is 2.00. The van der Waals surface area contributed by atoms with Gasteiger partial charge in [0, 0.05) is 5.92 Å². The van der Waals surface area contributed by atoms with Gasteiger partial charge in [-0.25, -0.2) is 0 Å². The van der Waals surface area contributed by atoms with Gasteiger partial charge in [-0.1, -0.05) is 13.3 Å². The average Bonchev–Trinajstić information content (AvgIpc) is 3.12. The van der Waals surface area contributed by atoms with Crippen molar-refractivity contribution in [2.75, 3.05) is 7.11 Å². The van der Waals surface area contributed by atoms with Crippen molar-refractivity contribution in [2.24, 2.45) is 28.6 Å². The zero-order valence-corrected chi connectivity index (χ0v) is 15.6. The monoisotopic (exact) mass is 346 g/mol. The van der Waals surface area contributed by atoms with E-state index in [2.05, 4.69) is 13.8 Å². The fraction of sp³-hybridized carbons (Fsp3) is 0.714. The van der Waals surface area contributed by atoms with Crippen molar-refractivity contribution in [1.82, 2.24) is 0 Å². The Hall–Kier alpha value is -1.58. The van der Waals surface area contributed by atoms with E-state index in [0.29, 0.717) is 5.92 Å². The van der Waals surface area contributed by atoms with Crippen LogP contribution in [0.2, 0.25) is 0 Å². The third-order valence-electron chi connectivity index (χ3n) is 7.28. The predicted molar refractivity (Wildman–Crippen MR) is 94.9 cm³/mol. The van der Waals surface area contributed by atoms with E-state index in [9.17, 15) is 9.59 Å². The molecule has 25 heavy (non-hydrogen) atoms. The molecule has 0 N–H and O–H groups in total. The van der Waals surface area contributed by atoms with Crippen LogP contribution in [0.25, 0.3) is 0 Å². The summed E-state index contributed by atoms with van der Waals surface area (Å²) in [6.07, 6.45) is 11.4. The quantitative estimate of drug-likeness (QED) is 0.585. The van der Waals surface area contributed by atoms with Gasteiger partial charge in [0.1, 0.15) is 6.29 Å². The molecule has 1 heterocycles. The van der Waals surface area contributed by atoms with Crippen LogP contribution in [0.4, 0.5) is 0 Å².